The fourth-order valence-electron chi connectivity index (χ4n) is 3.90. The molecule has 0 spiro atoms. The van der Waals surface area contributed by atoms with Gasteiger partial charge in [0.25, 0.3) is 0 Å². The number of halogens is 1. The molecular formula is C27H29FN2O3. The van der Waals surface area contributed by atoms with E-state index in [1.54, 1.807) is 12.1 Å². The van der Waals surface area contributed by atoms with Gasteiger partial charge < -0.3 is 14.7 Å². The molecule has 0 saturated heterocycles. The van der Waals surface area contributed by atoms with Crippen LogP contribution in [0.4, 0.5) is 4.39 Å². The topological polar surface area (TPSA) is 54.3 Å². The number of hydrogen-bond acceptors (Lipinski definition) is 5. The Balaban J connectivity index is 1.33. The number of benzene rings is 3. The Morgan fingerprint density at radius 3 is 2.39 bits per heavy atom. The van der Waals surface area contributed by atoms with E-state index in [1.165, 1.54) is 12.1 Å². The first-order valence-corrected chi connectivity index (χ1v) is 11.2. The van der Waals surface area contributed by atoms with Crippen molar-refractivity contribution in [1.82, 2.24) is 4.90 Å². The van der Waals surface area contributed by atoms with Crippen LogP contribution in [0, 0.1) is 5.82 Å². The zero-order chi connectivity index (χ0) is 22.9. The molecule has 1 aliphatic rings. The highest BCUT2D eigenvalue weighted by Crippen LogP contribution is 2.19. The second kappa shape index (κ2) is 11.7. The summed E-state index contributed by atoms with van der Waals surface area (Å²) in [6.45, 7) is 2.25. The van der Waals surface area contributed by atoms with Gasteiger partial charge in [-0.05, 0) is 28.8 Å². The Morgan fingerprint density at radius 2 is 1.67 bits per heavy atom. The van der Waals surface area contributed by atoms with Gasteiger partial charge in [0.1, 0.15) is 11.9 Å². The van der Waals surface area contributed by atoms with Crippen molar-refractivity contribution < 1.29 is 19.1 Å². The smallest absolute Gasteiger partial charge is 0.145 e. The van der Waals surface area contributed by atoms with E-state index in [2.05, 4.69) is 10.1 Å². The van der Waals surface area contributed by atoms with E-state index in [4.69, 9.17) is 9.57 Å². The van der Waals surface area contributed by atoms with Crippen LogP contribution in [0.2, 0.25) is 0 Å². The number of oxime groups is 1. The molecule has 4 rings (SSSR count). The maximum atomic E-state index is 13.3. The van der Waals surface area contributed by atoms with Crippen molar-refractivity contribution in [3.8, 4) is 0 Å². The van der Waals surface area contributed by atoms with E-state index in [-0.39, 0.29) is 18.5 Å². The van der Waals surface area contributed by atoms with Crippen LogP contribution in [0.5, 0.6) is 0 Å². The summed E-state index contributed by atoms with van der Waals surface area (Å²) in [5.74, 6) is -0.264. The first kappa shape index (κ1) is 23.1. The van der Waals surface area contributed by atoms with Gasteiger partial charge in [0, 0.05) is 26.1 Å². The molecule has 0 aliphatic carbocycles. The molecule has 0 radical (unpaired) electrons. The lowest BCUT2D eigenvalue weighted by Crippen LogP contribution is -2.39. The summed E-state index contributed by atoms with van der Waals surface area (Å²) in [7, 11) is 0. The normalized spacial score (nSPS) is 16.5. The van der Waals surface area contributed by atoms with E-state index in [1.807, 2.05) is 60.7 Å². The lowest BCUT2D eigenvalue weighted by Gasteiger charge is -2.27. The quantitative estimate of drug-likeness (QED) is 0.473. The minimum absolute atomic E-state index is 0.113. The third kappa shape index (κ3) is 7.22. The number of aliphatic hydroxyl groups is 1. The summed E-state index contributed by atoms with van der Waals surface area (Å²) >= 11 is 0. The highest BCUT2D eigenvalue weighted by molar-refractivity contribution is 6.01. The molecule has 33 heavy (non-hydrogen) atoms. The Kier molecular flexibility index (Phi) is 8.19. The van der Waals surface area contributed by atoms with Crippen LogP contribution in [0.1, 0.15) is 23.1 Å². The molecule has 1 heterocycles. The fraction of sp³-hybridized carbons (Fsp3) is 0.296. The van der Waals surface area contributed by atoms with Gasteiger partial charge in [0.2, 0.25) is 0 Å². The zero-order valence-corrected chi connectivity index (χ0v) is 18.5. The maximum Gasteiger partial charge on any atom is 0.145 e. The molecule has 3 aromatic rings. The van der Waals surface area contributed by atoms with Crippen molar-refractivity contribution >= 4 is 5.71 Å². The van der Waals surface area contributed by atoms with Gasteiger partial charge in [-0.3, -0.25) is 4.90 Å². The van der Waals surface area contributed by atoms with Gasteiger partial charge in [-0.1, -0.05) is 78.0 Å². The van der Waals surface area contributed by atoms with Gasteiger partial charge >= 0.3 is 0 Å². The molecule has 3 aromatic carbocycles. The number of aliphatic hydroxyl groups excluding tert-OH is 1. The first-order valence-electron chi connectivity index (χ1n) is 11.2. The maximum absolute atomic E-state index is 13.3. The Bertz CT molecular complexity index is 1010. The van der Waals surface area contributed by atoms with Crippen LogP contribution in [0.25, 0.3) is 0 Å². The standard InChI is InChI=1S/C27H29FN2O3/c28-24-13-11-21(12-14-24)16-30(17-25(31)20-32-19-22-7-3-1-4-8-22)18-26-15-27(29-33-26)23-9-5-2-6-10-23/h1-14,25-26,31H,15-20H2/t25-,26+/m0/s1. The molecule has 5 nitrogen and oxygen atoms in total. The molecule has 0 aromatic heterocycles. The Hall–Kier alpha value is -3.06. The van der Waals surface area contributed by atoms with Crippen LogP contribution in [-0.4, -0.2) is 47.6 Å². The minimum Gasteiger partial charge on any atom is -0.390 e. The monoisotopic (exact) mass is 448 g/mol. The van der Waals surface area contributed by atoms with Crippen molar-refractivity contribution in [3.05, 3.63) is 107 Å². The van der Waals surface area contributed by atoms with Gasteiger partial charge in [0.05, 0.1) is 25.0 Å². The molecule has 0 unspecified atom stereocenters. The lowest BCUT2D eigenvalue weighted by atomic mass is 10.0. The molecular weight excluding hydrogens is 419 g/mol. The Morgan fingerprint density at radius 1 is 0.970 bits per heavy atom. The van der Waals surface area contributed by atoms with Crippen molar-refractivity contribution in [2.24, 2.45) is 5.16 Å². The molecule has 0 bridgehead atoms. The summed E-state index contributed by atoms with van der Waals surface area (Å²) in [6, 6.07) is 26.3. The third-order valence-corrected chi connectivity index (χ3v) is 5.51. The van der Waals surface area contributed by atoms with E-state index in [9.17, 15) is 9.50 Å². The average Bonchev–Trinajstić information content (AvgIpc) is 3.30. The van der Waals surface area contributed by atoms with Crippen molar-refractivity contribution in [2.45, 2.75) is 31.8 Å². The second-order valence-electron chi connectivity index (χ2n) is 8.31. The van der Waals surface area contributed by atoms with Crippen molar-refractivity contribution in [2.75, 3.05) is 19.7 Å². The minimum atomic E-state index is -0.662. The molecule has 1 aliphatic heterocycles. The highest BCUT2D eigenvalue weighted by atomic mass is 19.1. The predicted octanol–water partition coefficient (Wildman–Crippen LogP) is 4.40. The van der Waals surface area contributed by atoms with Crippen LogP contribution in [-0.2, 0) is 22.7 Å². The number of hydrogen-bond donors (Lipinski definition) is 1. The van der Waals surface area contributed by atoms with Crippen LogP contribution < -0.4 is 0 Å². The van der Waals surface area contributed by atoms with Crippen LogP contribution in [0.3, 0.4) is 0 Å². The molecule has 2 atom stereocenters. The van der Waals surface area contributed by atoms with Crippen LogP contribution in [0.15, 0.2) is 90.1 Å². The van der Waals surface area contributed by atoms with Gasteiger partial charge in [0.15, 0.2) is 0 Å². The first-order chi connectivity index (χ1) is 16.2. The molecule has 0 saturated carbocycles. The number of nitrogens with zero attached hydrogens (tertiary/aromatic N) is 2. The summed E-state index contributed by atoms with van der Waals surface area (Å²) in [5, 5.41) is 14.9. The van der Waals surface area contributed by atoms with Crippen molar-refractivity contribution in [1.29, 1.82) is 0 Å². The van der Waals surface area contributed by atoms with E-state index >= 15 is 0 Å². The summed E-state index contributed by atoms with van der Waals surface area (Å²) < 4.78 is 19.1. The molecule has 172 valence electrons. The van der Waals surface area contributed by atoms with Gasteiger partial charge in [-0.2, -0.15) is 0 Å². The summed E-state index contributed by atoms with van der Waals surface area (Å²) in [4.78, 5) is 7.81. The highest BCUT2D eigenvalue weighted by Gasteiger charge is 2.25. The number of rotatable bonds is 11. The van der Waals surface area contributed by atoms with Gasteiger partial charge in [-0.25, -0.2) is 4.39 Å². The Labute approximate surface area is 194 Å². The SMILES string of the molecule is O[C@H](COCc1ccccc1)CN(Cc1ccc(F)cc1)C[C@H]1CC(c2ccccc2)=NO1. The van der Waals surface area contributed by atoms with E-state index in [0.29, 0.717) is 32.7 Å². The van der Waals surface area contributed by atoms with Crippen molar-refractivity contribution in [3.63, 3.8) is 0 Å². The summed E-state index contributed by atoms with van der Waals surface area (Å²) in [6.07, 6.45) is -0.0759. The molecule has 1 N–H and O–H groups in total. The second-order valence-corrected chi connectivity index (χ2v) is 8.31. The average molecular weight is 449 g/mol. The summed E-state index contributed by atoms with van der Waals surface area (Å²) in [5.41, 5.74) is 4.02. The van der Waals surface area contributed by atoms with Crippen LogP contribution >= 0.6 is 0 Å². The fourth-order valence-corrected chi connectivity index (χ4v) is 3.90. The predicted molar refractivity (Wildman–Crippen MR) is 126 cm³/mol. The number of ether oxygens (including phenoxy) is 1. The lowest BCUT2D eigenvalue weighted by molar-refractivity contribution is -0.00649. The third-order valence-electron chi connectivity index (χ3n) is 5.51. The largest absolute Gasteiger partial charge is 0.390 e. The molecule has 0 fully saturated rings. The molecule has 6 heteroatoms. The van der Waals surface area contributed by atoms with E-state index < -0.39 is 6.10 Å². The van der Waals surface area contributed by atoms with Gasteiger partial charge in [-0.15, -0.1) is 0 Å². The molecule has 0 amide bonds. The van der Waals surface area contributed by atoms with E-state index in [0.717, 1.165) is 22.4 Å². The zero-order valence-electron chi connectivity index (χ0n) is 18.5.